The van der Waals surface area contributed by atoms with Crippen LogP contribution < -0.4 is 0 Å². The molecular weight excluding hydrogens is 326 g/mol. The van der Waals surface area contributed by atoms with Crippen molar-refractivity contribution in [3.05, 3.63) is 77.4 Å². The molecule has 0 saturated heterocycles. The van der Waals surface area contributed by atoms with Crippen molar-refractivity contribution in [2.75, 3.05) is 13.6 Å². The second-order valence-electron chi connectivity index (χ2n) is 6.08. The predicted octanol–water partition coefficient (Wildman–Crippen LogP) is 2.76. The minimum absolute atomic E-state index is 0.00801. The maximum Gasteiger partial charge on any atom is 0.294 e. The van der Waals surface area contributed by atoms with Gasteiger partial charge >= 0.3 is 0 Å². The SMILES string of the molecule is Cc1ccc(-n2nc(C(=O)N(C)CC#N)nc2Cc2ccccc2)cc1. The van der Waals surface area contributed by atoms with E-state index in [0.717, 1.165) is 16.8 Å². The Bertz CT molecular complexity index is 939. The van der Waals surface area contributed by atoms with Crippen LogP contribution in [0.5, 0.6) is 0 Å². The monoisotopic (exact) mass is 345 g/mol. The molecule has 0 N–H and O–H groups in total. The minimum Gasteiger partial charge on any atom is -0.326 e. The molecule has 0 aliphatic rings. The van der Waals surface area contributed by atoms with Gasteiger partial charge in [-0.05, 0) is 24.6 Å². The normalized spacial score (nSPS) is 10.3. The molecule has 0 aliphatic heterocycles. The van der Waals surface area contributed by atoms with Crippen LogP contribution in [0, 0.1) is 18.3 Å². The molecule has 26 heavy (non-hydrogen) atoms. The van der Waals surface area contributed by atoms with Crippen molar-refractivity contribution in [2.45, 2.75) is 13.3 Å². The lowest BCUT2D eigenvalue weighted by Gasteiger charge is -2.09. The zero-order valence-electron chi connectivity index (χ0n) is 14.8. The number of benzene rings is 2. The van der Waals surface area contributed by atoms with Gasteiger partial charge in [0, 0.05) is 13.5 Å². The van der Waals surface area contributed by atoms with Crippen molar-refractivity contribution in [3.8, 4) is 11.8 Å². The van der Waals surface area contributed by atoms with Crippen LogP contribution >= 0.6 is 0 Å². The molecule has 1 heterocycles. The van der Waals surface area contributed by atoms with Gasteiger partial charge in [0.2, 0.25) is 5.82 Å². The maximum absolute atomic E-state index is 12.5. The smallest absolute Gasteiger partial charge is 0.294 e. The predicted molar refractivity (Wildman–Crippen MR) is 97.9 cm³/mol. The third-order valence-electron chi connectivity index (χ3n) is 4.00. The van der Waals surface area contributed by atoms with Gasteiger partial charge in [0.05, 0.1) is 11.8 Å². The fourth-order valence-corrected chi connectivity index (χ4v) is 2.57. The van der Waals surface area contributed by atoms with Crippen molar-refractivity contribution in [3.63, 3.8) is 0 Å². The Hall–Kier alpha value is -3.46. The first-order valence-corrected chi connectivity index (χ1v) is 8.28. The van der Waals surface area contributed by atoms with Gasteiger partial charge in [-0.1, -0.05) is 48.0 Å². The average molecular weight is 345 g/mol. The maximum atomic E-state index is 12.5. The third kappa shape index (κ3) is 3.78. The number of hydrogen-bond acceptors (Lipinski definition) is 4. The van der Waals surface area contributed by atoms with E-state index in [0.29, 0.717) is 12.2 Å². The Kier molecular flexibility index (Phi) is 5.09. The lowest BCUT2D eigenvalue weighted by Crippen LogP contribution is -2.28. The molecule has 0 fully saturated rings. The van der Waals surface area contributed by atoms with Crippen LogP contribution in [-0.2, 0) is 6.42 Å². The zero-order chi connectivity index (χ0) is 18.5. The standard InChI is InChI=1S/C20H19N5O/c1-15-8-10-17(11-9-15)25-18(14-16-6-4-3-5-7-16)22-19(23-25)20(26)24(2)13-12-21/h3-11H,13-14H2,1-2H3. The fraction of sp³-hybridized carbons (Fsp3) is 0.200. The summed E-state index contributed by atoms with van der Waals surface area (Å²) in [6.07, 6.45) is 0.553. The largest absolute Gasteiger partial charge is 0.326 e. The zero-order valence-corrected chi connectivity index (χ0v) is 14.8. The van der Waals surface area contributed by atoms with Crippen LogP contribution in [0.25, 0.3) is 5.69 Å². The fourth-order valence-electron chi connectivity index (χ4n) is 2.57. The summed E-state index contributed by atoms with van der Waals surface area (Å²) in [5.41, 5.74) is 3.07. The van der Waals surface area contributed by atoms with Crippen LogP contribution in [0.4, 0.5) is 0 Å². The van der Waals surface area contributed by atoms with E-state index in [4.69, 9.17) is 5.26 Å². The summed E-state index contributed by atoms with van der Waals surface area (Å²) >= 11 is 0. The van der Waals surface area contributed by atoms with Gasteiger partial charge in [0.15, 0.2) is 0 Å². The summed E-state index contributed by atoms with van der Waals surface area (Å²) in [5, 5.41) is 13.2. The van der Waals surface area contributed by atoms with Crippen LogP contribution in [0.3, 0.4) is 0 Å². The number of nitriles is 1. The topological polar surface area (TPSA) is 74.8 Å². The van der Waals surface area contributed by atoms with E-state index < -0.39 is 0 Å². The van der Waals surface area contributed by atoms with E-state index in [2.05, 4.69) is 10.1 Å². The number of aryl methyl sites for hydroxylation is 1. The highest BCUT2D eigenvalue weighted by Gasteiger charge is 2.20. The molecular formula is C20H19N5O. The number of aromatic nitrogens is 3. The Morgan fingerprint density at radius 1 is 1.15 bits per heavy atom. The summed E-state index contributed by atoms with van der Waals surface area (Å²) in [6, 6.07) is 19.8. The quantitative estimate of drug-likeness (QED) is 0.666. The van der Waals surface area contributed by atoms with Crippen LogP contribution in [0.2, 0.25) is 0 Å². The first-order valence-electron chi connectivity index (χ1n) is 8.28. The molecule has 1 aromatic heterocycles. The molecule has 0 radical (unpaired) electrons. The Balaban J connectivity index is 2.01. The van der Waals surface area contributed by atoms with Gasteiger partial charge in [-0.3, -0.25) is 4.79 Å². The second kappa shape index (κ2) is 7.62. The van der Waals surface area contributed by atoms with Crippen molar-refractivity contribution in [2.24, 2.45) is 0 Å². The molecule has 0 bridgehead atoms. The number of rotatable bonds is 5. The van der Waals surface area contributed by atoms with E-state index in [1.165, 1.54) is 4.90 Å². The van der Waals surface area contributed by atoms with E-state index in [9.17, 15) is 4.79 Å². The lowest BCUT2D eigenvalue weighted by molar-refractivity contribution is 0.0800. The molecule has 3 aromatic rings. The van der Waals surface area contributed by atoms with Gasteiger partial charge in [-0.2, -0.15) is 5.26 Å². The summed E-state index contributed by atoms with van der Waals surface area (Å²) < 4.78 is 1.69. The first kappa shape index (κ1) is 17.4. The summed E-state index contributed by atoms with van der Waals surface area (Å²) in [7, 11) is 1.56. The molecule has 6 nitrogen and oxygen atoms in total. The van der Waals surface area contributed by atoms with Crippen molar-refractivity contribution in [1.82, 2.24) is 19.7 Å². The molecule has 1 amide bonds. The van der Waals surface area contributed by atoms with E-state index in [1.807, 2.05) is 67.6 Å². The molecule has 0 unspecified atom stereocenters. The lowest BCUT2D eigenvalue weighted by atomic mass is 10.1. The average Bonchev–Trinajstić information content (AvgIpc) is 3.06. The number of nitrogens with zero attached hydrogens (tertiary/aromatic N) is 5. The molecule has 2 aromatic carbocycles. The summed E-state index contributed by atoms with van der Waals surface area (Å²) in [6.45, 7) is 2.01. The number of carbonyl (C=O) groups is 1. The molecule has 6 heteroatoms. The van der Waals surface area contributed by atoms with E-state index >= 15 is 0 Å². The molecule has 3 rings (SSSR count). The van der Waals surface area contributed by atoms with Gasteiger partial charge in [-0.25, -0.2) is 9.67 Å². The van der Waals surface area contributed by atoms with Gasteiger partial charge in [0.25, 0.3) is 5.91 Å². The van der Waals surface area contributed by atoms with Gasteiger partial charge in [0.1, 0.15) is 12.4 Å². The first-order chi connectivity index (χ1) is 12.6. The molecule has 0 saturated carbocycles. The minimum atomic E-state index is -0.369. The molecule has 130 valence electrons. The van der Waals surface area contributed by atoms with Crippen molar-refractivity contribution >= 4 is 5.91 Å². The van der Waals surface area contributed by atoms with Crippen molar-refractivity contribution < 1.29 is 4.79 Å². The summed E-state index contributed by atoms with van der Waals surface area (Å²) in [5.74, 6) is 0.398. The molecule has 0 aliphatic carbocycles. The molecule has 0 atom stereocenters. The highest BCUT2D eigenvalue weighted by molar-refractivity contribution is 5.90. The number of hydrogen-bond donors (Lipinski definition) is 0. The number of carbonyl (C=O) groups excluding carboxylic acids is 1. The number of amides is 1. The van der Waals surface area contributed by atoms with Crippen LogP contribution in [-0.4, -0.2) is 39.2 Å². The van der Waals surface area contributed by atoms with Gasteiger partial charge < -0.3 is 4.90 Å². The van der Waals surface area contributed by atoms with E-state index in [1.54, 1.807) is 11.7 Å². The molecule has 0 spiro atoms. The highest BCUT2D eigenvalue weighted by Crippen LogP contribution is 2.15. The van der Waals surface area contributed by atoms with Gasteiger partial charge in [-0.15, -0.1) is 5.10 Å². The second-order valence-corrected chi connectivity index (χ2v) is 6.08. The Morgan fingerprint density at radius 2 is 1.85 bits per heavy atom. The highest BCUT2D eigenvalue weighted by atomic mass is 16.2. The van der Waals surface area contributed by atoms with Crippen LogP contribution in [0.1, 0.15) is 27.6 Å². The Labute approximate surface area is 152 Å². The summed E-state index contributed by atoms with van der Waals surface area (Å²) in [4.78, 5) is 18.2. The third-order valence-corrected chi connectivity index (χ3v) is 4.00. The van der Waals surface area contributed by atoms with Crippen molar-refractivity contribution in [1.29, 1.82) is 5.26 Å². The van der Waals surface area contributed by atoms with Crippen LogP contribution in [0.15, 0.2) is 54.6 Å². The Morgan fingerprint density at radius 3 is 2.50 bits per heavy atom. The van der Waals surface area contributed by atoms with E-state index in [-0.39, 0.29) is 18.3 Å².